The Balaban J connectivity index is 2.18. The van der Waals surface area contributed by atoms with Gasteiger partial charge in [0.25, 0.3) is 0 Å². The molecule has 0 atom stereocenters. The quantitative estimate of drug-likeness (QED) is 0.667. The van der Waals surface area contributed by atoms with Gasteiger partial charge in [0.1, 0.15) is 5.69 Å². The maximum atomic E-state index is 12.6. The Morgan fingerprint density at radius 3 is 2.65 bits per heavy atom. The van der Waals surface area contributed by atoms with Crippen LogP contribution < -0.4 is 0 Å². The Bertz CT molecular complexity index is 813. The summed E-state index contributed by atoms with van der Waals surface area (Å²) in [5.74, 6) is -0.268. The van der Waals surface area contributed by atoms with Crippen molar-refractivity contribution in [2.75, 3.05) is 0 Å². The summed E-state index contributed by atoms with van der Waals surface area (Å²) in [6, 6.07) is 10.6. The minimum absolute atomic E-state index is 0.175. The zero-order valence-electron chi connectivity index (χ0n) is 10.2. The molecule has 2 aromatic heterocycles. The molecule has 0 amide bonds. The molecule has 0 saturated heterocycles. The van der Waals surface area contributed by atoms with Crippen molar-refractivity contribution in [1.29, 1.82) is 0 Å². The third-order valence-electron chi connectivity index (χ3n) is 2.90. The second-order valence-corrected chi connectivity index (χ2v) is 5.04. The number of carbonyl (C=O) groups excluding carboxylic acids is 1. The van der Waals surface area contributed by atoms with E-state index >= 15 is 0 Å². The zero-order chi connectivity index (χ0) is 14.1. The molecule has 0 aliphatic heterocycles. The number of para-hydroxylation sites is 1. The second kappa shape index (κ2) is 5.19. The first kappa shape index (κ1) is 13.0. The van der Waals surface area contributed by atoms with Crippen LogP contribution in [0.1, 0.15) is 16.1 Å². The lowest BCUT2D eigenvalue weighted by Crippen LogP contribution is -2.06. The predicted molar refractivity (Wildman–Crippen MR) is 79.4 cm³/mol. The van der Waals surface area contributed by atoms with Crippen LogP contribution in [0, 0.1) is 0 Å². The van der Waals surface area contributed by atoms with Crippen molar-refractivity contribution >= 4 is 39.9 Å². The maximum absolute atomic E-state index is 12.6. The Labute approximate surface area is 125 Å². The number of benzene rings is 1. The first-order chi connectivity index (χ1) is 9.66. The number of rotatable bonds is 2. The van der Waals surface area contributed by atoms with Gasteiger partial charge in [0.2, 0.25) is 5.78 Å². The SMILES string of the molecule is O=C(c1ncc(Cl)cc1Cl)c1cccc2cccnc12. The molecule has 0 aliphatic rings. The number of carbonyl (C=O) groups is 1. The summed E-state index contributed by atoms with van der Waals surface area (Å²) in [7, 11) is 0. The van der Waals surface area contributed by atoms with Gasteiger partial charge in [-0.2, -0.15) is 0 Å². The van der Waals surface area contributed by atoms with Crippen LogP contribution in [0.5, 0.6) is 0 Å². The van der Waals surface area contributed by atoms with E-state index in [2.05, 4.69) is 9.97 Å². The van der Waals surface area contributed by atoms with E-state index in [4.69, 9.17) is 23.2 Å². The van der Waals surface area contributed by atoms with Crippen LogP contribution in [0.25, 0.3) is 10.9 Å². The van der Waals surface area contributed by atoms with E-state index in [9.17, 15) is 4.79 Å². The van der Waals surface area contributed by atoms with Crippen molar-refractivity contribution in [2.45, 2.75) is 0 Å². The summed E-state index contributed by atoms with van der Waals surface area (Å²) < 4.78 is 0. The van der Waals surface area contributed by atoms with Crippen LogP contribution in [0.2, 0.25) is 10.0 Å². The molecule has 0 unspecified atom stereocenters. The Morgan fingerprint density at radius 1 is 1.05 bits per heavy atom. The number of aromatic nitrogens is 2. The summed E-state index contributed by atoms with van der Waals surface area (Å²) in [5, 5.41) is 1.52. The van der Waals surface area contributed by atoms with Crippen LogP contribution in [-0.4, -0.2) is 15.8 Å². The fourth-order valence-corrected chi connectivity index (χ4v) is 2.46. The highest BCUT2D eigenvalue weighted by Gasteiger charge is 2.17. The normalized spacial score (nSPS) is 10.7. The number of fused-ring (bicyclic) bond motifs is 1. The molecule has 20 heavy (non-hydrogen) atoms. The minimum atomic E-state index is -0.268. The Kier molecular flexibility index (Phi) is 3.38. The molecule has 0 aliphatic carbocycles. The summed E-state index contributed by atoms with van der Waals surface area (Å²) in [6.07, 6.45) is 3.05. The molecule has 0 bridgehead atoms. The van der Waals surface area contributed by atoms with Crippen LogP contribution in [0.15, 0.2) is 48.8 Å². The molecule has 0 fully saturated rings. The number of nitrogens with zero attached hydrogens (tertiary/aromatic N) is 2. The van der Waals surface area contributed by atoms with Gasteiger partial charge in [-0.25, -0.2) is 4.98 Å². The molecular weight excluding hydrogens is 295 g/mol. The van der Waals surface area contributed by atoms with Gasteiger partial charge in [0, 0.05) is 17.8 Å². The van der Waals surface area contributed by atoms with E-state index in [-0.39, 0.29) is 16.5 Å². The van der Waals surface area contributed by atoms with Crippen LogP contribution in [0.3, 0.4) is 0 Å². The molecule has 1 aromatic carbocycles. The van der Waals surface area contributed by atoms with Gasteiger partial charge in [-0.15, -0.1) is 0 Å². The van der Waals surface area contributed by atoms with E-state index < -0.39 is 0 Å². The van der Waals surface area contributed by atoms with Crippen LogP contribution in [0.4, 0.5) is 0 Å². The van der Waals surface area contributed by atoms with Gasteiger partial charge < -0.3 is 0 Å². The van der Waals surface area contributed by atoms with E-state index in [1.54, 1.807) is 18.3 Å². The summed E-state index contributed by atoms with van der Waals surface area (Å²) >= 11 is 11.8. The van der Waals surface area contributed by atoms with E-state index in [0.29, 0.717) is 16.1 Å². The van der Waals surface area contributed by atoms with E-state index in [0.717, 1.165) is 5.39 Å². The van der Waals surface area contributed by atoms with E-state index in [1.807, 2.05) is 18.2 Å². The zero-order valence-corrected chi connectivity index (χ0v) is 11.7. The lowest BCUT2D eigenvalue weighted by molar-refractivity contribution is 0.103. The topological polar surface area (TPSA) is 42.9 Å². The predicted octanol–water partition coefficient (Wildman–Crippen LogP) is 4.17. The van der Waals surface area contributed by atoms with Crippen LogP contribution in [-0.2, 0) is 0 Å². The lowest BCUT2D eigenvalue weighted by atomic mass is 10.0. The average molecular weight is 303 g/mol. The lowest BCUT2D eigenvalue weighted by Gasteiger charge is -2.06. The van der Waals surface area contributed by atoms with Gasteiger partial charge in [0.15, 0.2) is 0 Å². The minimum Gasteiger partial charge on any atom is -0.287 e. The molecular formula is C15H8Cl2N2O. The number of hydrogen-bond acceptors (Lipinski definition) is 3. The molecule has 0 saturated carbocycles. The Morgan fingerprint density at radius 2 is 1.85 bits per heavy atom. The first-order valence-corrected chi connectivity index (χ1v) is 6.62. The molecule has 3 nitrogen and oxygen atoms in total. The van der Waals surface area contributed by atoms with Crippen molar-refractivity contribution in [1.82, 2.24) is 9.97 Å². The molecule has 3 aromatic rings. The van der Waals surface area contributed by atoms with Gasteiger partial charge in [-0.05, 0) is 18.2 Å². The fourth-order valence-electron chi connectivity index (χ4n) is 2.00. The maximum Gasteiger partial charge on any atom is 0.215 e. The van der Waals surface area contributed by atoms with Gasteiger partial charge in [-0.1, -0.05) is 41.4 Å². The molecule has 2 heterocycles. The number of hydrogen-bond donors (Lipinski definition) is 0. The van der Waals surface area contributed by atoms with Crippen molar-refractivity contribution in [3.63, 3.8) is 0 Å². The number of halogens is 2. The molecule has 0 spiro atoms. The number of pyridine rings is 2. The third kappa shape index (κ3) is 2.26. The van der Waals surface area contributed by atoms with Crippen molar-refractivity contribution in [3.05, 3.63) is 70.1 Å². The first-order valence-electron chi connectivity index (χ1n) is 5.86. The van der Waals surface area contributed by atoms with Crippen LogP contribution >= 0.6 is 23.2 Å². The Hall–Kier alpha value is -1.97. The molecule has 0 radical (unpaired) electrons. The van der Waals surface area contributed by atoms with Gasteiger partial charge in [0.05, 0.1) is 21.1 Å². The monoisotopic (exact) mass is 302 g/mol. The summed E-state index contributed by atoms with van der Waals surface area (Å²) in [4.78, 5) is 20.8. The van der Waals surface area contributed by atoms with Gasteiger partial charge >= 0.3 is 0 Å². The standard InChI is InChI=1S/C15H8Cl2N2O/c16-10-7-12(17)14(19-8-10)15(20)11-5-1-3-9-4-2-6-18-13(9)11/h1-8H. The van der Waals surface area contributed by atoms with E-state index in [1.165, 1.54) is 12.3 Å². The van der Waals surface area contributed by atoms with Gasteiger partial charge in [-0.3, -0.25) is 9.78 Å². The highest BCUT2D eigenvalue weighted by molar-refractivity contribution is 6.37. The largest absolute Gasteiger partial charge is 0.287 e. The van der Waals surface area contributed by atoms with Crippen molar-refractivity contribution in [2.24, 2.45) is 0 Å². The number of ketones is 1. The smallest absolute Gasteiger partial charge is 0.215 e. The highest BCUT2D eigenvalue weighted by atomic mass is 35.5. The third-order valence-corrected chi connectivity index (χ3v) is 3.40. The molecule has 3 rings (SSSR count). The summed E-state index contributed by atoms with van der Waals surface area (Å²) in [6.45, 7) is 0. The average Bonchev–Trinajstić information content (AvgIpc) is 2.46. The fraction of sp³-hybridized carbons (Fsp3) is 0. The molecule has 98 valence electrons. The second-order valence-electron chi connectivity index (χ2n) is 4.19. The molecule has 5 heteroatoms. The van der Waals surface area contributed by atoms with Crippen molar-refractivity contribution < 1.29 is 4.79 Å². The highest BCUT2D eigenvalue weighted by Crippen LogP contribution is 2.24. The van der Waals surface area contributed by atoms with Crippen molar-refractivity contribution in [3.8, 4) is 0 Å². The molecule has 0 N–H and O–H groups in total. The summed E-state index contributed by atoms with van der Waals surface area (Å²) in [5.41, 5.74) is 1.28.